The monoisotopic (exact) mass is 205 g/mol. The summed E-state index contributed by atoms with van der Waals surface area (Å²) < 4.78 is 0. The van der Waals surface area contributed by atoms with E-state index in [0.29, 0.717) is 0 Å². The largest absolute Gasteiger partial charge is 0.465 e. The Morgan fingerprint density at radius 1 is 1.33 bits per heavy atom. The molecule has 4 heteroatoms. The van der Waals surface area contributed by atoms with Gasteiger partial charge in [-0.3, -0.25) is 9.69 Å². The number of amides is 1. The van der Waals surface area contributed by atoms with Crippen molar-refractivity contribution in [1.82, 2.24) is 4.90 Å². The van der Waals surface area contributed by atoms with Gasteiger partial charge in [0.15, 0.2) is 5.78 Å². The molecule has 1 saturated heterocycles. The predicted molar refractivity (Wildman–Crippen MR) is 53.5 cm³/mol. The summed E-state index contributed by atoms with van der Waals surface area (Å²) in [4.78, 5) is 23.3. The zero-order chi connectivity index (χ0) is 10.8. The molecule has 1 atom stereocenters. The Morgan fingerprint density at radius 2 is 2.00 bits per heavy atom. The van der Waals surface area contributed by atoms with Crippen LogP contribution in [0.4, 0.5) is 4.79 Å². The highest BCUT2D eigenvalue weighted by molar-refractivity contribution is 5.88. The molecule has 0 aliphatic carbocycles. The molecule has 0 spiro atoms. The number of carbonyl (C=O) groups is 2. The van der Waals surface area contributed by atoms with Crippen LogP contribution >= 0.6 is 0 Å². The first-order valence-corrected chi connectivity index (χ1v) is 4.74. The molecule has 2 rings (SSSR count). The molecule has 1 N–H and O–H groups in total. The molecule has 0 saturated carbocycles. The molecule has 1 aromatic rings. The van der Waals surface area contributed by atoms with Crippen LogP contribution in [0, 0.1) is 0 Å². The summed E-state index contributed by atoms with van der Waals surface area (Å²) >= 11 is 0. The van der Waals surface area contributed by atoms with E-state index in [2.05, 4.69) is 0 Å². The lowest BCUT2D eigenvalue weighted by Crippen LogP contribution is -2.29. The second-order valence-electron chi connectivity index (χ2n) is 3.58. The summed E-state index contributed by atoms with van der Waals surface area (Å²) in [6.07, 6.45) is -0.745. The minimum absolute atomic E-state index is 0.00882. The maximum Gasteiger partial charge on any atom is 0.408 e. The topological polar surface area (TPSA) is 57.6 Å². The van der Waals surface area contributed by atoms with E-state index >= 15 is 0 Å². The molecule has 1 amide bonds. The average molecular weight is 205 g/mol. The normalized spacial score (nSPS) is 20.7. The molecule has 1 aromatic carbocycles. The molecule has 0 bridgehead atoms. The quantitative estimate of drug-likeness (QED) is 0.758. The van der Waals surface area contributed by atoms with Crippen LogP contribution in [0.5, 0.6) is 0 Å². The highest BCUT2D eigenvalue weighted by atomic mass is 16.4. The molecule has 4 nitrogen and oxygen atoms in total. The minimum Gasteiger partial charge on any atom is -0.465 e. The van der Waals surface area contributed by atoms with Gasteiger partial charge in [0.25, 0.3) is 0 Å². The van der Waals surface area contributed by atoms with Gasteiger partial charge < -0.3 is 5.11 Å². The number of hydrogen-bond acceptors (Lipinski definition) is 2. The van der Waals surface area contributed by atoms with Gasteiger partial charge >= 0.3 is 6.09 Å². The Labute approximate surface area is 87.1 Å². The van der Waals surface area contributed by atoms with E-state index in [1.54, 1.807) is 0 Å². The second kappa shape index (κ2) is 3.73. The Hall–Kier alpha value is -1.84. The van der Waals surface area contributed by atoms with Crippen LogP contribution in [0.3, 0.4) is 0 Å². The third kappa shape index (κ3) is 1.83. The fourth-order valence-corrected chi connectivity index (χ4v) is 1.86. The summed E-state index contributed by atoms with van der Waals surface area (Å²) in [5.41, 5.74) is 0.880. The number of ketones is 1. The molecule has 1 unspecified atom stereocenters. The molecular formula is C11H11NO3. The summed E-state index contributed by atoms with van der Waals surface area (Å²) in [5, 5.41) is 8.94. The van der Waals surface area contributed by atoms with Crippen LogP contribution in [0.25, 0.3) is 0 Å². The lowest BCUT2D eigenvalue weighted by Gasteiger charge is -2.20. The van der Waals surface area contributed by atoms with Gasteiger partial charge in [-0.1, -0.05) is 30.3 Å². The third-order valence-corrected chi connectivity index (χ3v) is 2.57. The molecule has 0 aromatic heterocycles. The van der Waals surface area contributed by atoms with E-state index < -0.39 is 6.09 Å². The van der Waals surface area contributed by atoms with E-state index in [0.717, 1.165) is 5.56 Å². The Kier molecular flexibility index (Phi) is 2.41. The van der Waals surface area contributed by atoms with E-state index in [1.807, 2.05) is 30.3 Å². The Morgan fingerprint density at radius 3 is 2.60 bits per heavy atom. The van der Waals surface area contributed by atoms with Crippen molar-refractivity contribution in [3.63, 3.8) is 0 Å². The van der Waals surface area contributed by atoms with Gasteiger partial charge in [0.05, 0.1) is 12.6 Å². The fourth-order valence-electron chi connectivity index (χ4n) is 1.86. The summed E-state index contributed by atoms with van der Waals surface area (Å²) in [6, 6.07) is 8.94. The Bertz CT molecular complexity index is 388. The number of likely N-dealkylation sites (tertiary alicyclic amines) is 1. The van der Waals surface area contributed by atoms with E-state index in [9.17, 15) is 9.59 Å². The number of benzene rings is 1. The van der Waals surface area contributed by atoms with Crippen LogP contribution in [0.1, 0.15) is 18.0 Å². The third-order valence-electron chi connectivity index (χ3n) is 2.57. The number of Topliss-reactive ketones (excluding diaryl/α,β-unsaturated/α-hetero) is 1. The summed E-state index contributed by atoms with van der Waals surface area (Å²) in [7, 11) is 0. The van der Waals surface area contributed by atoms with Gasteiger partial charge in [-0.2, -0.15) is 0 Å². The molecule has 1 aliphatic rings. The van der Waals surface area contributed by atoms with Crippen molar-refractivity contribution in [2.45, 2.75) is 12.5 Å². The highest BCUT2D eigenvalue weighted by Crippen LogP contribution is 2.29. The van der Waals surface area contributed by atoms with Crippen molar-refractivity contribution in [2.24, 2.45) is 0 Å². The van der Waals surface area contributed by atoms with Crippen molar-refractivity contribution in [3.05, 3.63) is 35.9 Å². The lowest BCUT2D eigenvalue weighted by molar-refractivity contribution is -0.116. The molecule has 15 heavy (non-hydrogen) atoms. The molecule has 78 valence electrons. The molecule has 1 aliphatic heterocycles. The van der Waals surface area contributed by atoms with E-state index in [4.69, 9.17) is 5.11 Å². The number of carbonyl (C=O) groups excluding carboxylic acids is 1. The first-order chi connectivity index (χ1) is 7.18. The first-order valence-electron chi connectivity index (χ1n) is 4.74. The highest BCUT2D eigenvalue weighted by Gasteiger charge is 2.34. The van der Waals surface area contributed by atoms with Crippen molar-refractivity contribution in [1.29, 1.82) is 0 Å². The predicted octanol–water partition coefficient (Wildman–Crippen LogP) is 1.68. The standard InChI is InChI=1S/C11H11NO3/c13-9-6-10(12(7-9)11(14)15)8-4-2-1-3-5-8/h1-5,10H,6-7H2,(H,14,15). The van der Waals surface area contributed by atoms with Crippen LogP contribution in [-0.4, -0.2) is 28.4 Å². The van der Waals surface area contributed by atoms with Crippen LogP contribution in [-0.2, 0) is 4.79 Å². The van der Waals surface area contributed by atoms with Crippen LogP contribution < -0.4 is 0 Å². The van der Waals surface area contributed by atoms with Crippen molar-refractivity contribution >= 4 is 11.9 Å². The number of hydrogen-bond donors (Lipinski definition) is 1. The van der Waals surface area contributed by atoms with Crippen LogP contribution in [0.15, 0.2) is 30.3 Å². The number of nitrogens with zero attached hydrogens (tertiary/aromatic N) is 1. The molecule has 0 radical (unpaired) electrons. The smallest absolute Gasteiger partial charge is 0.408 e. The fraction of sp³-hybridized carbons (Fsp3) is 0.273. The summed E-state index contributed by atoms with van der Waals surface area (Å²) in [5.74, 6) is -0.0220. The maximum absolute atomic E-state index is 11.2. The molecule has 1 fully saturated rings. The van der Waals surface area contributed by atoms with E-state index in [-0.39, 0.29) is 24.8 Å². The first kappa shape index (κ1) is 9.71. The van der Waals surface area contributed by atoms with Gasteiger partial charge in [-0.25, -0.2) is 4.79 Å². The van der Waals surface area contributed by atoms with Gasteiger partial charge in [-0.05, 0) is 5.56 Å². The van der Waals surface area contributed by atoms with Gasteiger partial charge in [0.2, 0.25) is 0 Å². The maximum atomic E-state index is 11.2. The van der Waals surface area contributed by atoms with E-state index in [1.165, 1.54) is 4.90 Å². The zero-order valence-corrected chi connectivity index (χ0v) is 8.09. The Balaban J connectivity index is 2.28. The average Bonchev–Trinajstić information content (AvgIpc) is 2.62. The second-order valence-corrected chi connectivity index (χ2v) is 3.58. The SMILES string of the molecule is O=C1CC(c2ccccc2)N(C(=O)O)C1. The number of carboxylic acid groups (broad SMARTS) is 1. The lowest BCUT2D eigenvalue weighted by atomic mass is 10.0. The van der Waals surface area contributed by atoms with Crippen molar-refractivity contribution < 1.29 is 14.7 Å². The zero-order valence-electron chi connectivity index (χ0n) is 8.09. The minimum atomic E-state index is -1.03. The number of rotatable bonds is 1. The van der Waals surface area contributed by atoms with Crippen LogP contribution in [0.2, 0.25) is 0 Å². The van der Waals surface area contributed by atoms with Crippen molar-refractivity contribution in [3.8, 4) is 0 Å². The molecular weight excluding hydrogens is 194 g/mol. The van der Waals surface area contributed by atoms with Gasteiger partial charge in [-0.15, -0.1) is 0 Å². The summed E-state index contributed by atoms with van der Waals surface area (Å²) in [6.45, 7) is 0.00882. The molecule has 1 heterocycles. The van der Waals surface area contributed by atoms with Gasteiger partial charge in [0, 0.05) is 6.42 Å². The van der Waals surface area contributed by atoms with Gasteiger partial charge in [0.1, 0.15) is 0 Å². The van der Waals surface area contributed by atoms with Crippen molar-refractivity contribution in [2.75, 3.05) is 6.54 Å².